The third-order valence-corrected chi connectivity index (χ3v) is 5.11. The van der Waals surface area contributed by atoms with E-state index in [-0.39, 0.29) is 11.8 Å². The Morgan fingerprint density at radius 2 is 2.38 bits per heavy atom. The van der Waals surface area contributed by atoms with Gasteiger partial charge in [-0.2, -0.15) is 4.98 Å². The number of nitrogens with zero attached hydrogens (tertiary/aromatic N) is 3. The maximum absolute atomic E-state index is 12.4. The molecular formula is C17H18N4O2S. The van der Waals surface area contributed by atoms with Gasteiger partial charge in [-0.3, -0.25) is 4.79 Å². The first-order chi connectivity index (χ1) is 11.8. The number of fused-ring (bicyclic) bond motifs is 1. The molecule has 0 radical (unpaired) electrons. The molecule has 3 aromatic rings. The number of nitrogens with one attached hydrogen (secondary N) is 1. The fourth-order valence-electron chi connectivity index (χ4n) is 2.99. The van der Waals surface area contributed by atoms with Gasteiger partial charge in [0, 0.05) is 24.2 Å². The summed E-state index contributed by atoms with van der Waals surface area (Å²) in [5.74, 6) is 0.0593. The summed E-state index contributed by atoms with van der Waals surface area (Å²) in [6.45, 7) is 2.07. The second-order valence-corrected chi connectivity index (χ2v) is 6.94. The Hall–Kier alpha value is -2.41. The highest BCUT2D eigenvalue weighted by atomic mass is 32.1. The van der Waals surface area contributed by atoms with Crippen LogP contribution in [0.15, 0.2) is 40.3 Å². The van der Waals surface area contributed by atoms with Gasteiger partial charge < -0.3 is 14.6 Å². The number of oxazole rings is 1. The van der Waals surface area contributed by atoms with Gasteiger partial charge >= 0.3 is 0 Å². The Kier molecular flexibility index (Phi) is 4.17. The van der Waals surface area contributed by atoms with E-state index in [0.29, 0.717) is 30.3 Å². The molecule has 7 heteroatoms. The van der Waals surface area contributed by atoms with E-state index >= 15 is 0 Å². The zero-order valence-electron chi connectivity index (χ0n) is 13.1. The number of anilines is 1. The summed E-state index contributed by atoms with van der Waals surface area (Å²) in [5, 5.41) is 5.05. The lowest BCUT2D eigenvalue weighted by Gasteiger charge is -2.30. The molecule has 0 bridgehead atoms. The topological polar surface area (TPSA) is 71.3 Å². The average Bonchev–Trinajstić information content (AvgIpc) is 3.29. The maximum atomic E-state index is 12.4. The fraction of sp³-hybridized carbons (Fsp3) is 0.353. The third-order valence-electron chi connectivity index (χ3n) is 4.23. The van der Waals surface area contributed by atoms with Gasteiger partial charge in [-0.25, -0.2) is 4.98 Å². The van der Waals surface area contributed by atoms with Crippen molar-refractivity contribution in [3.63, 3.8) is 0 Å². The van der Waals surface area contributed by atoms with Gasteiger partial charge in [0.15, 0.2) is 5.58 Å². The molecule has 6 nitrogen and oxygen atoms in total. The number of carbonyl (C=O) groups is 1. The van der Waals surface area contributed by atoms with E-state index in [1.165, 1.54) is 4.88 Å². The van der Waals surface area contributed by atoms with Crippen molar-refractivity contribution in [3.05, 3.63) is 40.7 Å². The van der Waals surface area contributed by atoms with Crippen molar-refractivity contribution >= 4 is 34.5 Å². The molecule has 1 amide bonds. The number of hydrogen-bond donors (Lipinski definition) is 1. The van der Waals surface area contributed by atoms with Crippen LogP contribution < -0.4 is 10.2 Å². The first-order valence-corrected chi connectivity index (χ1v) is 8.94. The molecule has 0 spiro atoms. The van der Waals surface area contributed by atoms with E-state index in [1.807, 2.05) is 34.5 Å². The van der Waals surface area contributed by atoms with Crippen molar-refractivity contribution in [1.82, 2.24) is 15.3 Å². The molecule has 24 heavy (non-hydrogen) atoms. The van der Waals surface area contributed by atoms with E-state index in [4.69, 9.17) is 4.42 Å². The van der Waals surface area contributed by atoms with Crippen molar-refractivity contribution in [2.75, 3.05) is 18.0 Å². The number of hydrogen-bond acceptors (Lipinski definition) is 6. The zero-order chi connectivity index (χ0) is 16.4. The van der Waals surface area contributed by atoms with E-state index in [0.717, 1.165) is 19.4 Å². The van der Waals surface area contributed by atoms with Gasteiger partial charge in [0.2, 0.25) is 11.6 Å². The lowest BCUT2D eigenvalue weighted by molar-refractivity contribution is -0.125. The molecule has 4 rings (SSSR count). The van der Waals surface area contributed by atoms with E-state index in [2.05, 4.69) is 15.3 Å². The van der Waals surface area contributed by atoms with Crippen molar-refractivity contribution in [2.24, 2.45) is 5.92 Å². The van der Waals surface area contributed by atoms with Crippen molar-refractivity contribution in [1.29, 1.82) is 0 Å². The minimum absolute atomic E-state index is 0.0401. The molecule has 1 fully saturated rings. The van der Waals surface area contributed by atoms with Gasteiger partial charge in [-0.05, 0) is 36.4 Å². The molecule has 3 aromatic heterocycles. The molecular weight excluding hydrogens is 324 g/mol. The Morgan fingerprint density at radius 3 is 3.21 bits per heavy atom. The quantitative estimate of drug-likeness (QED) is 0.789. The second-order valence-electron chi connectivity index (χ2n) is 5.90. The SMILES string of the molecule is O=C(NCc1cccs1)C1CCCN(c2nc3ncccc3o2)C1. The summed E-state index contributed by atoms with van der Waals surface area (Å²) in [4.78, 5) is 24.3. The summed E-state index contributed by atoms with van der Waals surface area (Å²) in [6, 6.07) is 8.26. The van der Waals surface area contributed by atoms with Gasteiger partial charge in [0.05, 0.1) is 12.5 Å². The molecule has 4 heterocycles. The minimum Gasteiger partial charge on any atom is -0.422 e. The molecule has 1 saturated heterocycles. The summed E-state index contributed by atoms with van der Waals surface area (Å²) in [7, 11) is 0. The number of carbonyl (C=O) groups excluding carboxylic acids is 1. The summed E-state index contributed by atoms with van der Waals surface area (Å²) < 4.78 is 5.78. The maximum Gasteiger partial charge on any atom is 0.299 e. The zero-order valence-corrected chi connectivity index (χ0v) is 14.0. The van der Waals surface area contributed by atoms with Gasteiger partial charge in [-0.1, -0.05) is 6.07 Å². The smallest absolute Gasteiger partial charge is 0.299 e. The molecule has 0 aromatic carbocycles. The van der Waals surface area contributed by atoms with Crippen LogP contribution in [-0.2, 0) is 11.3 Å². The van der Waals surface area contributed by atoms with Crippen LogP contribution in [0.5, 0.6) is 0 Å². The average molecular weight is 342 g/mol. The normalized spacial score (nSPS) is 18.0. The van der Waals surface area contributed by atoms with Crippen molar-refractivity contribution in [3.8, 4) is 0 Å². The summed E-state index contributed by atoms with van der Waals surface area (Å²) >= 11 is 1.65. The lowest BCUT2D eigenvalue weighted by Crippen LogP contribution is -2.43. The summed E-state index contributed by atoms with van der Waals surface area (Å²) in [5.41, 5.74) is 1.29. The Bertz CT molecular complexity index is 797. The Morgan fingerprint density at radius 1 is 1.42 bits per heavy atom. The van der Waals surface area contributed by atoms with E-state index in [1.54, 1.807) is 17.5 Å². The molecule has 1 aliphatic rings. The molecule has 1 N–H and O–H groups in total. The number of piperidine rings is 1. The van der Waals surface area contributed by atoms with Gasteiger partial charge in [-0.15, -0.1) is 11.3 Å². The number of thiophene rings is 1. The highest BCUT2D eigenvalue weighted by molar-refractivity contribution is 7.09. The van der Waals surface area contributed by atoms with Crippen LogP contribution in [0, 0.1) is 5.92 Å². The minimum atomic E-state index is -0.0401. The van der Waals surface area contributed by atoms with Gasteiger partial charge in [0.1, 0.15) is 0 Å². The molecule has 1 unspecified atom stereocenters. The molecule has 0 saturated carbocycles. The molecule has 1 aliphatic heterocycles. The Labute approximate surface area is 143 Å². The van der Waals surface area contributed by atoms with Crippen LogP contribution in [0.25, 0.3) is 11.2 Å². The standard InChI is InChI=1S/C17H18N4O2S/c22-16(19-10-13-5-3-9-24-13)12-4-2-8-21(11-12)17-20-15-14(23-17)6-1-7-18-15/h1,3,5-7,9,12H,2,4,8,10-11H2,(H,19,22). The molecule has 124 valence electrons. The first kappa shape index (κ1) is 15.1. The molecule has 0 aliphatic carbocycles. The van der Waals surface area contributed by atoms with Crippen LogP contribution >= 0.6 is 11.3 Å². The second kappa shape index (κ2) is 6.60. The number of aromatic nitrogens is 2. The summed E-state index contributed by atoms with van der Waals surface area (Å²) in [6.07, 6.45) is 3.54. The van der Waals surface area contributed by atoms with E-state index in [9.17, 15) is 4.79 Å². The van der Waals surface area contributed by atoms with E-state index < -0.39 is 0 Å². The third kappa shape index (κ3) is 3.12. The first-order valence-electron chi connectivity index (χ1n) is 8.06. The van der Waals surface area contributed by atoms with Crippen LogP contribution in [-0.4, -0.2) is 29.0 Å². The number of rotatable bonds is 4. The Balaban J connectivity index is 1.42. The highest BCUT2D eigenvalue weighted by Gasteiger charge is 2.28. The van der Waals surface area contributed by atoms with Crippen LogP contribution in [0.2, 0.25) is 0 Å². The molecule has 1 atom stereocenters. The fourth-order valence-corrected chi connectivity index (χ4v) is 3.63. The monoisotopic (exact) mass is 342 g/mol. The number of pyridine rings is 1. The van der Waals surface area contributed by atoms with Crippen LogP contribution in [0.4, 0.5) is 6.01 Å². The van der Waals surface area contributed by atoms with Crippen molar-refractivity contribution in [2.45, 2.75) is 19.4 Å². The highest BCUT2D eigenvalue weighted by Crippen LogP contribution is 2.25. The predicted octanol–water partition coefficient (Wildman–Crippen LogP) is 2.82. The predicted molar refractivity (Wildman–Crippen MR) is 92.9 cm³/mol. The lowest BCUT2D eigenvalue weighted by atomic mass is 9.97. The van der Waals surface area contributed by atoms with Crippen LogP contribution in [0.3, 0.4) is 0 Å². The number of amides is 1. The largest absolute Gasteiger partial charge is 0.422 e. The van der Waals surface area contributed by atoms with Crippen LogP contribution in [0.1, 0.15) is 17.7 Å². The van der Waals surface area contributed by atoms with Gasteiger partial charge in [0.25, 0.3) is 6.01 Å². The van der Waals surface area contributed by atoms with Crippen molar-refractivity contribution < 1.29 is 9.21 Å².